The number of hydrogen-bond donors (Lipinski definition) is 0. The lowest BCUT2D eigenvalue weighted by molar-refractivity contribution is -0.127. The number of ketones is 1. The molecule has 7 heteroatoms. The largest absolute Gasteiger partial charge is 0.464 e. The van der Waals surface area contributed by atoms with Gasteiger partial charge >= 0.3 is 5.97 Å². The Bertz CT molecular complexity index is 808. The molecule has 6 nitrogen and oxygen atoms in total. The summed E-state index contributed by atoms with van der Waals surface area (Å²) in [6, 6.07) is 4.96. The van der Waals surface area contributed by atoms with Crippen molar-refractivity contribution in [3.63, 3.8) is 0 Å². The molecule has 0 atom stereocenters. The lowest BCUT2D eigenvalue weighted by Gasteiger charge is -2.10. The second kappa shape index (κ2) is 6.42. The molecule has 0 unspecified atom stereocenters. The molecule has 0 aliphatic heterocycles. The molecular weight excluding hydrogens is 320 g/mol. The zero-order valence-corrected chi connectivity index (χ0v) is 14.1. The van der Waals surface area contributed by atoms with Crippen molar-refractivity contribution < 1.29 is 19.1 Å². The smallest absolute Gasteiger partial charge is 0.355 e. The zero-order valence-electron chi connectivity index (χ0n) is 13.3. The molecule has 0 bridgehead atoms. The van der Waals surface area contributed by atoms with E-state index in [0.717, 1.165) is 0 Å². The van der Waals surface area contributed by atoms with Gasteiger partial charge in [0.25, 0.3) is 0 Å². The van der Waals surface area contributed by atoms with E-state index in [1.165, 1.54) is 12.0 Å². The maximum absolute atomic E-state index is 12.6. The molecule has 1 aromatic carbocycles. The van der Waals surface area contributed by atoms with Crippen LogP contribution in [0, 0.1) is 0 Å². The van der Waals surface area contributed by atoms with Gasteiger partial charge in [-0.3, -0.25) is 9.59 Å². The average Bonchev–Trinajstić information content (AvgIpc) is 2.79. The predicted octanol–water partition coefficient (Wildman–Crippen LogP) is 2.28. The number of methoxy groups -OCH3 is 1. The van der Waals surface area contributed by atoms with Gasteiger partial charge in [-0.25, -0.2) is 4.79 Å². The average molecular weight is 337 g/mol. The summed E-state index contributed by atoms with van der Waals surface area (Å²) in [7, 11) is 6.03. The fourth-order valence-corrected chi connectivity index (χ4v) is 2.58. The third-order valence-electron chi connectivity index (χ3n) is 3.63. The molecule has 0 radical (unpaired) electrons. The van der Waals surface area contributed by atoms with Crippen molar-refractivity contribution >= 4 is 40.2 Å². The molecule has 0 saturated carbocycles. The number of halogens is 1. The third kappa shape index (κ3) is 3.07. The van der Waals surface area contributed by atoms with Gasteiger partial charge in [0.2, 0.25) is 5.91 Å². The Kier molecular flexibility index (Phi) is 4.75. The first-order chi connectivity index (χ1) is 10.8. The SMILES string of the molecule is COC(=O)c1c(C(=O)CC(=O)N(C)C)c2ccc(Cl)cc2n1C. The van der Waals surface area contributed by atoms with Gasteiger partial charge < -0.3 is 14.2 Å². The maximum atomic E-state index is 12.6. The van der Waals surface area contributed by atoms with E-state index in [-0.39, 0.29) is 23.6 Å². The molecule has 1 amide bonds. The topological polar surface area (TPSA) is 68.6 Å². The lowest BCUT2D eigenvalue weighted by atomic mass is 10.0. The highest BCUT2D eigenvalue weighted by Gasteiger charge is 2.27. The summed E-state index contributed by atoms with van der Waals surface area (Å²) >= 11 is 6.00. The highest BCUT2D eigenvalue weighted by Crippen LogP contribution is 2.29. The number of aromatic nitrogens is 1. The van der Waals surface area contributed by atoms with Crippen LogP contribution in [0.3, 0.4) is 0 Å². The van der Waals surface area contributed by atoms with E-state index in [0.29, 0.717) is 15.9 Å². The Morgan fingerprint density at radius 1 is 1.26 bits per heavy atom. The first-order valence-electron chi connectivity index (χ1n) is 6.87. The van der Waals surface area contributed by atoms with Crippen LogP contribution >= 0.6 is 11.6 Å². The van der Waals surface area contributed by atoms with Crippen LogP contribution in [0.2, 0.25) is 5.02 Å². The number of amides is 1. The number of fused-ring (bicyclic) bond motifs is 1. The first-order valence-corrected chi connectivity index (χ1v) is 7.25. The van der Waals surface area contributed by atoms with E-state index in [2.05, 4.69) is 0 Å². The fraction of sp³-hybridized carbons (Fsp3) is 0.312. The van der Waals surface area contributed by atoms with Crippen molar-refractivity contribution in [2.75, 3.05) is 21.2 Å². The highest BCUT2D eigenvalue weighted by atomic mass is 35.5. The second-order valence-corrected chi connectivity index (χ2v) is 5.76. The zero-order chi connectivity index (χ0) is 17.3. The molecule has 0 N–H and O–H groups in total. The molecule has 0 aliphatic carbocycles. The summed E-state index contributed by atoms with van der Waals surface area (Å²) in [5, 5.41) is 1.05. The monoisotopic (exact) mass is 336 g/mol. The minimum Gasteiger partial charge on any atom is -0.464 e. The van der Waals surface area contributed by atoms with Gasteiger partial charge in [-0.15, -0.1) is 0 Å². The van der Waals surface area contributed by atoms with Crippen molar-refractivity contribution in [2.24, 2.45) is 7.05 Å². The first kappa shape index (κ1) is 17.0. The Morgan fingerprint density at radius 2 is 1.91 bits per heavy atom. The molecule has 0 aliphatic rings. The summed E-state index contributed by atoms with van der Waals surface area (Å²) in [5.74, 6) is -1.41. The molecule has 2 aromatic rings. The van der Waals surface area contributed by atoms with Gasteiger partial charge in [0.1, 0.15) is 5.69 Å². The van der Waals surface area contributed by atoms with Crippen LogP contribution in [-0.2, 0) is 16.6 Å². The van der Waals surface area contributed by atoms with Gasteiger partial charge in [0, 0.05) is 31.6 Å². The molecule has 122 valence electrons. The van der Waals surface area contributed by atoms with Crippen LogP contribution in [0.15, 0.2) is 18.2 Å². The van der Waals surface area contributed by atoms with Gasteiger partial charge in [0.15, 0.2) is 5.78 Å². The van der Waals surface area contributed by atoms with E-state index in [9.17, 15) is 14.4 Å². The van der Waals surface area contributed by atoms with Crippen LogP contribution in [0.1, 0.15) is 27.3 Å². The number of rotatable bonds is 4. The number of Topliss-reactive ketones (excluding diaryl/α,β-unsaturated/α-hetero) is 1. The number of aryl methyl sites for hydroxylation is 1. The van der Waals surface area contributed by atoms with Crippen LogP contribution in [0.5, 0.6) is 0 Å². The van der Waals surface area contributed by atoms with E-state index in [1.807, 2.05) is 0 Å². The highest BCUT2D eigenvalue weighted by molar-refractivity contribution is 6.31. The maximum Gasteiger partial charge on any atom is 0.355 e. The van der Waals surface area contributed by atoms with Crippen molar-refractivity contribution in [3.05, 3.63) is 34.5 Å². The van der Waals surface area contributed by atoms with Gasteiger partial charge in [0.05, 0.1) is 24.6 Å². The van der Waals surface area contributed by atoms with Crippen molar-refractivity contribution in [1.29, 1.82) is 0 Å². The molecular formula is C16H17ClN2O4. The summed E-state index contributed by atoms with van der Waals surface area (Å²) in [6.07, 6.45) is -0.321. The number of benzene rings is 1. The molecule has 23 heavy (non-hydrogen) atoms. The lowest BCUT2D eigenvalue weighted by Crippen LogP contribution is -2.25. The third-order valence-corrected chi connectivity index (χ3v) is 3.87. The number of esters is 1. The van der Waals surface area contributed by atoms with Gasteiger partial charge in [-0.05, 0) is 12.1 Å². The van der Waals surface area contributed by atoms with Crippen molar-refractivity contribution in [2.45, 2.75) is 6.42 Å². The fourth-order valence-electron chi connectivity index (χ4n) is 2.41. The number of hydrogen-bond acceptors (Lipinski definition) is 4. The number of ether oxygens (including phenoxy) is 1. The number of nitrogens with zero attached hydrogens (tertiary/aromatic N) is 2. The number of carbonyl (C=O) groups is 3. The quantitative estimate of drug-likeness (QED) is 0.488. The summed E-state index contributed by atoms with van der Waals surface area (Å²) < 4.78 is 6.34. The Balaban J connectivity index is 2.67. The minimum absolute atomic E-state index is 0.112. The Labute approximate surface area is 138 Å². The number of carbonyl (C=O) groups excluding carboxylic acids is 3. The van der Waals surface area contributed by atoms with Gasteiger partial charge in [-0.1, -0.05) is 17.7 Å². The van der Waals surface area contributed by atoms with Crippen LogP contribution < -0.4 is 0 Å². The van der Waals surface area contributed by atoms with E-state index < -0.39 is 11.8 Å². The van der Waals surface area contributed by atoms with E-state index in [4.69, 9.17) is 16.3 Å². The predicted molar refractivity (Wildman–Crippen MR) is 86.9 cm³/mol. The minimum atomic E-state index is -0.638. The molecule has 1 aromatic heterocycles. The van der Waals surface area contributed by atoms with Crippen molar-refractivity contribution in [3.8, 4) is 0 Å². The van der Waals surface area contributed by atoms with Crippen molar-refractivity contribution in [1.82, 2.24) is 9.47 Å². The summed E-state index contributed by atoms with van der Waals surface area (Å²) in [6.45, 7) is 0. The Hall–Kier alpha value is -2.34. The standard InChI is InChI=1S/C16H17ClN2O4/c1-18(2)13(21)8-12(20)14-10-6-5-9(17)7-11(10)19(3)15(14)16(22)23-4/h5-7H,8H2,1-4H3. The van der Waals surface area contributed by atoms with Crippen LogP contribution in [0.25, 0.3) is 10.9 Å². The molecule has 0 spiro atoms. The van der Waals surface area contributed by atoms with Crippen LogP contribution in [-0.4, -0.2) is 48.3 Å². The summed E-state index contributed by atoms with van der Waals surface area (Å²) in [5.41, 5.74) is 0.918. The van der Waals surface area contributed by atoms with Gasteiger partial charge in [-0.2, -0.15) is 0 Å². The molecule has 0 fully saturated rings. The van der Waals surface area contributed by atoms with E-state index >= 15 is 0 Å². The second-order valence-electron chi connectivity index (χ2n) is 5.32. The van der Waals surface area contributed by atoms with Crippen LogP contribution in [0.4, 0.5) is 0 Å². The molecule has 2 rings (SSSR count). The summed E-state index contributed by atoms with van der Waals surface area (Å²) in [4.78, 5) is 37.9. The molecule has 0 saturated heterocycles. The van der Waals surface area contributed by atoms with E-state index in [1.54, 1.807) is 43.9 Å². The normalized spacial score (nSPS) is 10.7. The molecule has 1 heterocycles. The Morgan fingerprint density at radius 3 is 2.48 bits per heavy atom.